The Labute approximate surface area is 176 Å². The maximum Gasteiger partial charge on any atom is 0.195 e. The monoisotopic (exact) mass is 487 g/mol. The van der Waals surface area contributed by atoms with Gasteiger partial charge in [0.2, 0.25) is 0 Å². The molecule has 7 heteroatoms. The van der Waals surface area contributed by atoms with Crippen LogP contribution in [0.5, 0.6) is 11.5 Å². The number of ether oxygens (including phenoxy) is 2. The Balaban J connectivity index is 0.00000243. The summed E-state index contributed by atoms with van der Waals surface area (Å²) in [6, 6.07) is 14.0. The Kier molecular flexibility index (Phi) is 7.40. The van der Waals surface area contributed by atoms with Crippen molar-refractivity contribution < 1.29 is 9.47 Å². The number of halogens is 2. The minimum absolute atomic E-state index is 0. The van der Waals surface area contributed by atoms with Crippen molar-refractivity contribution in [3.63, 3.8) is 0 Å². The number of methoxy groups -OCH3 is 2. The zero-order valence-electron chi connectivity index (χ0n) is 15.0. The second-order valence-corrected chi connectivity index (χ2v) is 6.35. The predicted molar refractivity (Wildman–Crippen MR) is 118 cm³/mol. The zero-order valence-corrected chi connectivity index (χ0v) is 18.0. The van der Waals surface area contributed by atoms with Gasteiger partial charge >= 0.3 is 0 Å². The molecule has 5 nitrogen and oxygen atoms in total. The molecule has 3 rings (SSSR count). The molecule has 2 aromatic rings. The Morgan fingerprint density at radius 1 is 1.12 bits per heavy atom. The number of guanidine groups is 1. The van der Waals surface area contributed by atoms with Crippen LogP contribution in [-0.2, 0) is 0 Å². The Morgan fingerprint density at radius 2 is 1.88 bits per heavy atom. The molecule has 0 saturated heterocycles. The van der Waals surface area contributed by atoms with Gasteiger partial charge in [-0.1, -0.05) is 23.7 Å². The fourth-order valence-corrected chi connectivity index (χ4v) is 3.04. The Hall–Kier alpha value is -1.67. The molecule has 0 amide bonds. The largest absolute Gasteiger partial charge is 0.493 e. The summed E-state index contributed by atoms with van der Waals surface area (Å²) in [5, 5.41) is 7.51. The third-order valence-electron chi connectivity index (χ3n) is 4.26. The average molecular weight is 488 g/mol. The van der Waals surface area contributed by atoms with Crippen molar-refractivity contribution in [3.05, 3.63) is 53.1 Å². The molecule has 0 bridgehead atoms. The first-order chi connectivity index (χ1) is 12.1. The van der Waals surface area contributed by atoms with E-state index in [1.807, 2.05) is 36.4 Å². The molecule has 1 saturated carbocycles. The van der Waals surface area contributed by atoms with Crippen LogP contribution in [-0.4, -0.2) is 33.3 Å². The molecule has 26 heavy (non-hydrogen) atoms. The van der Waals surface area contributed by atoms with E-state index in [0.717, 1.165) is 23.1 Å². The fraction of sp³-hybridized carbons (Fsp3) is 0.316. The van der Waals surface area contributed by atoms with Crippen molar-refractivity contribution in [2.24, 2.45) is 4.99 Å². The molecule has 140 valence electrons. The maximum atomic E-state index is 6.08. The summed E-state index contributed by atoms with van der Waals surface area (Å²) >= 11 is 6.08. The molecule has 2 aromatic carbocycles. The first-order valence-corrected chi connectivity index (χ1v) is 8.50. The van der Waals surface area contributed by atoms with Crippen LogP contribution in [0.25, 0.3) is 0 Å². The quantitative estimate of drug-likeness (QED) is 0.370. The maximum absolute atomic E-state index is 6.08. The van der Waals surface area contributed by atoms with Crippen LogP contribution in [0.4, 0.5) is 5.69 Å². The molecule has 0 aromatic heterocycles. The first-order valence-electron chi connectivity index (χ1n) is 8.12. The number of anilines is 1. The van der Waals surface area contributed by atoms with E-state index in [4.69, 9.17) is 21.1 Å². The van der Waals surface area contributed by atoms with Crippen LogP contribution < -0.4 is 20.1 Å². The van der Waals surface area contributed by atoms with Crippen LogP contribution in [0.15, 0.2) is 47.5 Å². The second-order valence-electron chi connectivity index (χ2n) is 5.92. The molecule has 1 aliphatic carbocycles. The van der Waals surface area contributed by atoms with Gasteiger partial charge in [0.05, 0.1) is 14.2 Å². The number of hydrogen-bond donors (Lipinski definition) is 2. The predicted octanol–water partition coefficient (Wildman–Crippen LogP) is 4.52. The SMILES string of the molecule is CN=C(Nc1ccc(OC)c(OC)c1)NC1CC1c1cccc(Cl)c1.I. The lowest BCUT2D eigenvalue weighted by molar-refractivity contribution is 0.355. The van der Waals surface area contributed by atoms with Gasteiger partial charge in [-0.15, -0.1) is 24.0 Å². The van der Waals surface area contributed by atoms with E-state index in [1.165, 1.54) is 5.56 Å². The van der Waals surface area contributed by atoms with Crippen molar-refractivity contribution in [2.45, 2.75) is 18.4 Å². The molecule has 0 aliphatic heterocycles. The van der Waals surface area contributed by atoms with Crippen LogP contribution in [0.3, 0.4) is 0 Å². The van der Waals surface area contributed by atoms with Crippen molar-refractivity contribution in [1.29, 1.82) is 0 Å². The summed E-state index contributed by atoms with van der Waals surface area (Å²) in [6.45, 7) is 0. The average Bonchev–Trinajstić information content (AvgIpc) is 3.40. The van der Waals surface area contributed by atoms with Gasteiger partial charge < -0.3 is 20.1 Å². The first kappa shape index (κ1) is 20.6. The standard InChI is InChI=1S/C19H22ClN3O2.HI/c1-21-19(22-14-7-8-17(24-2)18(10-14)25-3)23-16-11-15(16)12-5-4-6-13(20)9-12;/h4-10,15-16H,11H2,1-3H3,(H2,21,22,23);1H. The smallest absolute Gasteiger partial charge is 0.195 e. The third-order valence-corrected chi connectivity index (χ3v) is 4.49. The van der Waals surface area contributed by atoms with Gasteiger partial charge in [0.1, 0.15) is 0 Å². The highest BCUT2D eigenvalue weighted by atomic mass is 127. The number of hydrogen-bond acceptors (Lipinski definition) is 3. The summed E-state index contributed by atoms with van der Waals surface area (Å²) < 4.78 is 10.6. The van der Waals surface area contributed by atoms with E-state index in [1.54, 1.807) is 21.3 Å². The van der Waals surface area contributed by atoms with E-state index in [2.05, 4.69) is 21.7 Å². The summed E-state index contributed by atoms with van der Waals surface area (Å²) in [5.74, 6) is 2.55. The van der Waals surface area contributed by atoms with Gasteiger partial charge in [0, 0.05) is 35.8 Å². The van der Waals surface area contributed by atoms with Gasteiger partial charge in [-0.3, -0.25) is 4.99 Å². The van der Waals surface area contributed by atoms with E-state index in [9.17, 15) is 0 Å². The van der Waals surface area contributed by atoms with E-state index < -0.39 is 0 Å². The lowest BCUT2D eigenvalue weighted by atomic mass is 10.1. The highest BCUT2D eigenvalue weighted by Gasteiger charge is 2.39. The topological polar surface area (TPSA) is 54.9 Å². The molecular weight excluding hydrogens is 465 g/mol. The Bertz CT molecular complexity index is 785. The van der Waals surface area contributed by atoms with Crippen LogP contribution in [0.2, 0.25) is 5.02 Å². The summed E-state index contributed by atoms with van der Waals surface area (Å²) in [5.41, 5.74) is 2.14. The van der Waals surface area contributed by atoms with Crippen LogP contribution >= 0.6 is 35.6 Å². The lowest BCUT2D eigenvalue weighted by Crippen LogP contribution is -2.33. The molecule has 2 atom stereocenters. The number of rotatable bonds is 5. The molecule has 2 unspecified atom stereocenters. The summed E-state index contributed by atoms with van der Waals surface area (Å²) in [7, 11) is 5.00. The molecule has 1 fully saturated rings. The van der Waals surface area contributed by atoms with Crippen LogP contribution in [0, 0.1) is 0 Å². The number of nitrogens with zero attached hydrogens (tertiary/aromatic N) is 1. The highest BCUT2D eigenvalue weighted by Crippen LogP contribution is 2.41. The van der Waals surface area contributed by atoms with Crippen molar-refractivity contribution in [1.82, 2.24) is 5.32 Å². The minimum Gasteiger partial charge on any atom is -0.493 e. The summed E-state index contributed by atoms with van der Waals surface area (Å²) in [4.78, 5) is 4.30. The normalized spacial score (nSPS) is 18.5. The molecular formula is C19H23ClIN3O2. The fourth-order valence-electron chi connectivity index (χ4n) is 2.84. The lowest BCUT2D eigenvalue weighted by Gasteiger charge is -2.14. The van der Waals surface area contributed by atoms with Crippen molar-refractivity contribution in [3.8, 4) is 11.5 Å². The minimum atomic E-state index is 0. The zero-order chi connectivity index (χ0) is 17.8. The van der Waals surface area contributed by atoms with Gasteiger partial charge in [-0.05, 0) is 36.2 Å². The number of aliphatic imine (C=N–C) groups is 1. The molecule has 0 heterocycles. The molecule has 0 spiro atoms. The molecule has 0 radical (unpaired) electrons. The van der Waals surface area contributed by atoms with Crippen molar-refractivity contribution >= 4 is 47.2 Å². The number of benzene rings is 2. The van der Waals surface area contributed by atoms with Gasteiger partial charge in [0.15, 0.2) is 17.5 Å². The molecule has 2 N–H and O–H groups in total. The van der Waals surface area contributed by atoms with Crippen molar-refractivity contribution in [2.75, 3.05) is 26.6 Å². The summed E-state index contributed by atoms with van der Waals surface area (Å²) in [6.07, 6.45) is 1.06. The van der Waals surface area contributed by atoms with Gasteiger partial charge in [0.25, 0.3) is 0 Å². The van der Waals surface area contributed by atoms with E-state index >= 15 is 0 Å². The van der Waals surface area contributed by atoms with Gasteiger partial charge in [-0.2, -0.15) is 0 Å². The molecule has 1 aliphatic rings. The number of nitrogens with one attached hydrogen (secondary N) is 2. The van der Waals surface area contributed by atoms with E-state index in [-0.39, 0.29) is 24.0 Å². The van der Waals surface area contributed by atoms with Gasteiger partial charge in [-0.25, -0.2) is 0 Å². The third kappa shape index (κ3) is 4.94. The highest BCUT2D eigenvalue weighted by molar-refractivity contribution is 14.0. The Morgan fingerprint density at radius 3 is 2.54 bits per heavy atom. The second kappa shape index (κ2) is 9.32. The van der Waals surface area contributed by atoms with E-state index in [0.29, 0.717) is 23.5 Å². The van der Waals surface area contributed by atoms with Crippen LogP contribution in [0.1, 0.15) is 17.9 Å².